The molecule has 0 amide bonds. The zero-order valence-corrected chi connectivity index (χ0v) is 11.3. The van der Waals surface area contributed by atoms with Crippen molar-refractivity contribution in [1.82, 2.24) is 5.32 Å². The fraction of sp³-hybridized carbons (Fsp3) is 0.923. The molecule has 1 unspecified atom stereocenters. The lowest BCUT2D eigenvalue weighted by Crippen LogP contribution is -2.39. The van der Waals surface area contributed by atoms with Crippen LogP contribution in [0.25, 0.3) is 0 Å². The lowest BCUT2D eigenvalue weighted by atomic mass is 9.91. The standard InChI is InChI=1S/C13H26N2O/c1-6-16-9-12(11(2)3)15-8-7-13(4,5)10-14/h11-12,15H,6-9H2,1-5H3. The normalized spacial score (nSPS) is 13.8. The lowest BCUT2D eigenvalue weighted by molar-refractivity contribution is 0.107. The van der Waals surface area contributed by atoms with Crippen LogP contribution in [0.15, 0.2) is 0 Å². The highest BCUT2D eigenvalue weighted by molar-refractivity contribution is 4.92. The molecule has 94 valence electrons. The van der Waals surface area contributed by atoms with E-state index in [4.69, 9.17) is 10.00 Å². The van der Waals surface area contributed by atoms with Crippen molar-refractivity contribution in [1.29, 1.82) is 5.26 Å². The predicted octanol–water partition coefficient (Wildman–Crippen LogP) is 2.58. The molecular weight excluding hydrogens is 200 g/mol. The van der Waals surface area contributed by atoms with Gasteiger partial charge in [0.15, 0.2) is 0 Å². The molecule has 0 aromatic carbocycles. The van der Waals surface area contributed by atoms with Crippen LogP contribution in [0, 0.1) is 22.7 Å². The van der Waals surface area contributed by atoms with Crippen LogP contribution in [0.4, 0.5) is 0 Å². The van der Waals surface area contributed by atoms with Crippen molar-refractivity contribution in [2.75, 3.05) is 19.8 Å². The molecule has 0 saturated heterocycles. The van der Waals surface area contributed by atoms with Crippen molar-refractivity contribution in [2.24, 2.45) is 11.3 Å². The summed E-state index contributed by atoms with van der Waals surface area (Å²) >= 11 is 0. The Hall–Kier alpha value is -0.590. The molecular formula is C13H26N2O. The van der Waals surface area contributed by atoms with Crippen LogP contribution in [0.3, 0.4) is 0 Å². The van der Waals surface area contributed by atoms with Gasteiger partial charge in [0, 0.05) is 12.6 Å². The SMILES string of the molecule is CCOCC(NCCC(C)(C)C#N)C(C)C. The van der Waals surface area contributed by atoms with Gasteiger partial charge in [-0.2, -0.15) is 5.26 Å². The number of nitrogens with one attached hydrogen (secondary N) is 1. The van der Waals surface area contributed by atoms with E-state index in [0.29, 0.717) is 12.0 Å². The molecule has 0 radical (unpaired) electrons. The summed E-state index contributed by atoms with van der Waals surface area (Å²) in [6.07, 6.45) is 0.874. The first-order chi connectivity index (χ1) is 7.43. The summed E-state index contributed by atoms with van der Waals surface area (Å²) < 4.78 is 5.44. The molecule has 1 atom stereocenters. The van der Waals surface area contributed by atoms with E-state index in [1.54, 1.807) is 0 Å². The molecule has 0 spiro atoms. The minimum absolute atomic E-state index is 0.236. The van der Waals surface area contributed by atoms with Crippen LogP contribution < -0.4 is 5.32 Å². The summed E-state index contributed by atoms with van der Waals surface area (Å²) in [6.45, 7) is 12.7. The zero-order valence-electron chi connectivity index (χ0n) is 11.3. The summed E-state index contributed by atoms with van der Waals surface area (Å²) in [6, 6.07) is 2.70. The topological polar surface area (TPSA) is 45.0 Å². The average Bonchev–Trinajstić information content (AvgIpc) is 2.22. The Balaban J connectivity index is 3.90. The Kier molecular flexibility index (Phi) is 7.36. The van der Waals surface area contributed by atoms with E-state index >= 15 is 0 Å². The van der Waals surface area contributed by atoms with Crippen molar-refractivity contribution < 1.29 is 4.74 Å². The Labute approximate surface area is 100 Å². The van der Waals surface area contributed by atoms with Gasteiger partial charge in [0.1, 0.15) is 0 Å². The maximum atomic E-state index is 8.91. The summed E-state index contributed by atoms with van der Waals surface area (Å²) in [7, 11) is 0. The van der Waals surface area contributed by atoms with Crippen LogP contribution in [0.1, 0.15) is 41.0 Å². The minimum Gasteiger partial charge on any atom is -0.380 e. The van der Waals surface area contributed by atoms with Crippen molar-refractivity contribution in [3.63, 3.8) is 0 Å². The van der Waals surface area contributed by atoms with Crippen molar-refractivity contribution >= 4 is 0 Å². The van der Waals surface area contributed by atoms with Crippen LogP contribution in [-0.4, -0.2) is 25.8 Å². The molecule has 0 saturated carbocycles. The Bertz CT molecular complexity index is 218. The molecule has 0 aliphatic carbocycles. The van der Waals surface area contributed by atoms with Crippen LogP contribution in [0.5, 0.6) is 0 Å². The van der Waals surface area contributed by atoms with Gasteiger partial charge >= 0.3 is 0 Å². The molecule has 0 aliphatic heterocycles. The first-order valence-corrected chi connectivity index (χ1v) is 6.15. The second-order valence-electron chi connectivity index (χ2n) is 5.21. The van der Waals surface area contributed by atoms with Crippen LogP contribution in [-0.2, 0) is 4.74 Å². The average molecular weight is 226 g/mol. The third-order valence-electron chi connectivity index (χ3n) is 2.77. The minimum atomic E-state index is -0.236. The number of hydrogen-bond acceptors (Lipinski definition) is 3. The molecule has 1 N–H and O–H groups in total. The number of nitriles is 1. The molecule has 0 aromatic rings. The summed E-state index contributed by atoms with van der Waals surface area (Å²) in [5.74, 6) is 0.553. The third-order valence-corrected chi connectivity index (χ3v) is 2.77. The van der Waals surface area contributed by atoms with Gasteiger partial charge in [0.25, 0.3) is 0 Å². The van der Waals surface area contributed by atoms with Gasteiger partial charge in [0.05, 0.1) is 18.1 Å². The van der Waals surface area contributed by atoms with E-state index in [9.17, 15) is 0 Å². The predicted molar refractivity (Wildman–Crippen MR) is 67.1 cm³/mol. The van der Waals surface area contributed by atoms with Gasteiger partial charge in [-0.15, -0.1) is 0 Å². The first-order valence-electron chi connectivity index (χ1n) is 6.15. The Morgan fingerprint density at radius 1 is 1.38 bits per heavy atom. The first kappa shape index (κ1) is 15.4. The van der Waals surface area contributed by atoms with Gasteiger partial charge in [-0.3, -0.25) is 0 Å². The van der Waals surface area contributed by atoms with Gasteiger partial charge in [-0.1, -0.05) is 13.8 Å². The molecule has 16 heavy (non-hydrogen) atoms. The summed E-state index contributed by atoms with van der Waals surface area (Å²) in [5, 5.41) is 12.4. The molecule has 0 aliphatic rings. The van der Waals surface area contributed by atoms with Crippen molar-refractivity contribution in [3.05, 3.63) is 0 Å². The molecule has 3 nitrogen and oxygen atoms in total. The van der Waals surface area contributed by atoms with E-state index < -0.39 is 0 Å². The van der Waals surface area contributed by atoms with Crippen LogP contribution in [0.2, 0.25) is 0 Å². The number of nitrogens with zero attached hydrogens (tertiary/aromatic N) is 1. The molecule has 0 bridgehead atoms. The van der Waals surface area contributed by atoms with E-state index in [1.165, 1.54) is 0 Å². The molecule has 0 heterocycles. The second-order valence-corrected chi connectivity index (χ2v) is 5.21. The summed E-state index contributed by atoms with van der Waals surface area (Å²) in [5.41, 5.74) is -0.236. The highest BCUT2D eigenvalue weighted by Crippen LogP contribution is 2.17. The largest absolute Gasteiger partial charge is 0.380 e. The highest BCUT2D eigenvalue weighted by atomic mass is 16.5. The third kappa shape index (κ3) is 6.81. The quantitative estimate of drug-likeness (QED) is 0.692. The van der Waals surface area contributed by atoms with Gasteiger partial charge in [0.2, 0.25) is 0 Å². The maximum Gasteiger partial charge on any atom is 0.0684 e. The van der Waals surface area contributed by atoms with Crippen molar-refractivity contribution in [2.45, 2.75) is 47.1 Å². The molecule has 3 heteroatoms. The zero-order chi connectivity index (χ0) is 12.6. The van der Waals surface area contributed by atoms with E-state index in [1.807, 2.05) is 20.8 Å². The van der Waals surface area contributed by atoms with Gasteiger partial charge in [-0.05, 0) is 39.7 Å². The van der Waals surface area contributed by atoms with E-state index in [2.05, 4.69) is 25.2 Å². The maximum absolute atomic E-state index is 8.91. The van der Waals surface area contributed by atoms with Crippen LogP contribution >= 0.6 is 0 Å². The highest BCUT2D eigenvalue weighted by Gasteiger charge is 2.18. The smallest absolute Gasteiger partial charge is 0.0684 e. The fourth-order valence-corrected chi connectivity index (χ4v) is 1.36. The van der Waals surface area contributed by atoms with Crippen molar-refractivity contribution in [3.8, 4) is 6.07 Å². The van der Waals surface area contributed by atoms with Gasteiger partial charge < -0.3 is 10.1 Å². The Morgan fingerprint density at radius 2 is 2.00 bits per heavy atom. The lowest BCUT2D eigenvalue weighted by Gasteiger charge is -2.24. The number of rotatable bonds is 8. The van der Waals surface area contributed by atoms with Gasteiger partial charge in [-0.25, -0.2) is 0 Å². The number of ether oxygens (including phenoxy) is 1. The summed E-state index contributed by atoms with van der Waals surface area (Å²) in [4.78, 5) is 0. The monoisotopic (exact) mass is 226 g/mol. The fourth-order valence-electron chi connectivity index (χ4n) is 1.36. The second kappa shape index (κ2) is 7.65. The van der Waals surface area contributed by atoms with E-state index in [-0.39, 0.29) is 5.41 Å². The molecule has 0 rings (SSSR count). The number of hydrogen-bond donors (Lipinski definition) is 1. The molecule has 0 aromatic heterocycles. The molecule has 0 fully saturated rings. The van der Waals surface area contributed by atoms with E-state index in [0.717, 1.165) is 26.2 Å². The Morgan fingerprint density at radius 3 is 2.44 bits per heavy atom.